The van der Waals surface area contributed by atoms with E-state index < -0.39 is 0 Å². The van der Waals surface area contributed by atoms with Crippen LogP contribution in [0.4, 0.5) is 0 Å². The molecule has 1 unspecified atom stereocenters. The van der Waals surface area contributed by atoms with Gasteiger partial charge in [-0.2, -0.15) is 0 Å². The zero-order valence-corrected chi connectivity index (χ0v) is 13.8. The van der Waals surface area contributed by atoms with E-state index >= 15 is 0 Å². The lowest BCUT2D eigenvalue weighted by Gasteiger charge is -2.41. The summed E-state index contributed by atoms with van der Waals surface area (Å²) in [4.78, 5) is 7.13. The van der Waals surface area contributed by atoms with E-state index in [4.69, 9.17) is 9.73 Å². The van der Waals surface area contributed by atoms with Crippen LogP contribution in [0.3, 0.4) is 0 Å². The first-order valence-electron chi connectivity index (χ1n) is 7.84. The first-order chi connectivity index (χ1) is 9.54. The molecule has 0 aromatic heterocycles. The number of likely N-dealkylation sites (N-methyl/N-ethyl adjacent to an activating group) is 1. The Morgan fingerprint density at radius 3 is 2.45 bits per heavy atom. The number of ether oxygens (including phenoxy) is 1. The lowest BCUT2D eigenvalue weighted by molar-refractivity contribution is -0.00255. The molecule has 1 heterocycles. The molecule has 1 aliphatic rings. The van der Waals surface area contributed by atoms with E-state index in [1.54, 1.807) is 0 Å². The smallest absolute Gasteiger partial charge is 0.191 e. The average molecular weight is 284 g/mol. The third-order valence-corrected chi connectivity index (χ3v) is 4.24. The molecule has 0 saturated carbocycles. The van der Waals surface area contributed by atoms with Crippen LogP contribution >= 0.6 is 0 Å². The van der Waals surface area contributed by atoms with E-state index in [1.807, 2.05) is 0 Å². The van der Waals surface area contributed by atoms with E-state index in [1.165, 1.54) is 0 Å². The van der Waals surface area contributed by atoms with Crippen LogP contribution in [0.15, 0.2) is 4.99 Å². The fourth-order valence-electron chi connectivity index (χ4n) is 2.38. The van der Waals surface area contributed by atoms with Crippen LogP contribution in [-0.4, -0.2) is 62.8 Å². The highest BCUT2D eigenvalue weighted by Gasteiger charge is 2.34. The largest absolute Gasteiger partial charge is 0.381 e. The summed E-state index contributed by atoms with van der Waals surface area (Å²) in [7, 11) is 4.30. The molecule has 0 aliphatic carbocycles. The van der Waals surface area contributed by atoms with Crippen molar-refractivity contribution in [3.8, 4) is 0 Å². The van der Waals surface area contributed by atoms with Gasteiger partial charge in [0.05, 0.1) is 6.54 Å². The van der Waals surface area contributed by atoms with E-state index in [0.29, 0.717) is 6.04 Å². The highest BCUT2D eigenvalue weighted by atomic mass is 16.5. The number of hydrogen-bond acceptors (Lipinski definition) is 3. The first-order valence-corrected chi connectivity index (χ1v) is 7.84. The van der Waals surface area contributed by atoms with Crippen LogP contribution in [0.1, 0.15) is 40.0 Å². The van der Waals surface area contributed by atoms with E-state index in [0.717, 1.165) is 51.5 Å². The minimum Gasteiger partial charge on any atom is -0.381 e. The molecule has 0 bridgehead atoms. The minimum absolute atomic E-state index is 0.135. The number of aliphatic imine (C=N–C) groups is 1. The van der Waals surface area contributed by atoms with Crippen molar-refractivity contribution in [1.82, 2.24) is 15.5 Å². The van der Waals surface area contributed by atoms with Gasteiger partial charge in [0, 0.05) is 31.3 Å². The Kier molecular flexibility index (Phi) is 7.30. The van der Waals surface area contributed by atoms with Gasteiger partial charge in [0.2, 0.25) is 0 Å². The lowest BCUT2D eigenvalue weighted by atomic mass is 9.89. The van der Waals surface area contributed by atoms with Gasteiger partial charge in [-0.05, 0) is 47.2 Å². The van der Waals surface area contributed by atoms with Crippen molar-refractivity contribution in [3.05, 3.63) is 0 Å². The van der Waals surface area contributed by atoms with E-state index in [-0.39, 0.29) is 5.54 Å². The molecule has 0 radical (unpaired) electrons. The van der Waals surface area contributed by atoms with Crippen molar-refractivity contribution in [2.75, 3.05) is 40.4 Å². The van der Waals surface area contributed by atoms with Crippen LogP contribution < -0.4 is 10.6 Å². The minimum atomic E-state index is 0.135. The van der Waals surface area contributed by atoms with Gasteiger partial charge in [-0.3, -0.25) is 4.99 Å². The lowest BCUT2D eigenvalue weighted by Crippen LogP contribution is -2.52. The quantitative estimate of drug-likeness (QED) is 0.572. The number of rotatable bonds is 6. The summed E-state index contributed by atoms with van der Waals surface area (Å²) in [6.45, 7) is 9.84. The summed E-state index contributed by atoms with van der Waals surface area (Å²) in [5.41, 5.74) is 0.135. The highest BCUT2D eigenvalue weighted by molar-refractivity contribution is 5.80. The summed E-state index contributed by atoms with van der Waals surface area (Å²) in [6.07, 6.45) is 3.19. The summed E-state index contributed by atoms with van der Waals surface area (Å²) in [5, 5.41) is 6.79. The first kappa shape index (κ1) is 17.2. The highest BCUT2D eigenvalue weighted by Crippen LogP contribution is 2.26. The van der Waals surface area contributed by atoms with Crippen molar-refractivity contribution in [2.24, 2.45) is 4.99 Å². The number of guanidine groups is 1. The van der Waals surface area contributed by atoms with Crippen molar-refractivity contribution in [2.45, 2.75) is 51.6 Å². The summed E-state index contributed by atoms with van der Waals surface area (Å²) in [6, 6.07) is 0.442. The molecule has 0 aromatic rings. The van der Waals surface area contributed by atoms with E-state index in [2.05, 4.69) is 50.4 Å². The Morgan fingerprint density at radius 2 is 1.95 bits per heavy atom. The monoisotopic (exact) mass is 284 g/mol. The second-order valence-electron chi connectivity index (χ2n) is 5.88. The maximum atomic E-state index is 5.50. The Balaban J connectivity index is 2.71. The van der Waals surface area contributed by atoms with Crippen LogP contribution in [0.5, 0.6) is 0 Å². The molecule has 1 aliphatic heterocycles. The molecule has 2 N–H and O–H groups in total. The van der Waals surface area contributed by atoms with Crippen molar-refractivity contribution >= 4 is 5.96 Å². The van der Waals surface area contributed by atoms with Crippen molar-refractivity contribution in [1.29, 1.82) is 0 Å². The molecule has 1 rings (SSSR count). The predicted molar refractivity (Wildman–Crippen MR) is 85.3 cm³/mol. The molecule has 118 valence electrons. The van der Waals surface area contributed by atoms with Crippen molar-refractivity contribution < 1.29 is 4.74 Å². The summed E-state index contributed by atoms with van der Waals surface area (Å²) in [5.74, 6) is 0.926. The van der Waals surface area contributed by atoms with Gasteiger partial charge in [0.1, 0.15) is 0 Å². The molecule has 0 amide bonds. The number of nitrogens with zero attached hydrogens (tertiary/aromatic N) is 2. The molecule has 0 spiro atoms. The van der Waals surface area contributed by atoms with Gasteiger partial charge < -0.3 is 20.3 Å². The van der Waals surface area contributed by atoms with Crippen LogP contribution in [0, 0.1) is 0 Å². The fraction of sp³-hybridized carbons (Fsp3) is 0.933. The Morgan fingerprint density at radius 1 is 1.30 bits per heavy atom. The Bertz CT molecular complexity index is 298. The van der Waals surface area contributed by atoms with Crippen molar-refractivity contribution in [3.63, 3.8) is 0 Å². The number of nitrogens with one attached hydrogen (secondary N) is 2. The van der Waals surface area contributed by atoms with Gasteiger partial charge in [-0.15, -0.1) is 0 Å². The predicted octanol–water partition coefficient (Wildman–Crippen LogP) is 1.45. The second kappa shape index (κ2) is 8.47. The number of hydrogen-bond donors (Lipinski definition) is 2. The van der Waals surface area contributed by atoms with Gasteiger partial charge in [-0.25, -0.2) is 0 Å². The molecule has 1 fully saturated rings. The van der Waals surface area contributed by atoms with Gasteiger partial charge in [0.15, 0.2) is 5.96 Å². The molecular weight excluding hydrogens is 252 g/mol. The van der Waals surface area contributed by atoms with Crippen LogP contribution in [-0.2, 0) is 4.74 Å². The summed E-state index contributed by atoms with van der Waals surface area (Å²) >= 11 is 0. The second-order valence-corrected chi connectivity index (χ2v) is 5.88. The zero-order valence-electron chi connectivity index (χ0n) is 13.8. The standard InChI is InChI=1S/C15H32N4O/c1-6-13(3)18-14(16-7-2)17-12-15(19(4)5)8-10-20-11-9-15/h13H,6-12H2,1-5H3,(H2,16,17,18). The zero-order chi connectivity index (χ0) is 15.0. The normalized spacial score (nSPS) is 20.8. The molecule has 0 aromatic carbocycles. The molecule has 5 heteroatoms. The fourth-order valence-corrected chi connectivity index (χ4v) is 2.38. The molecule has 20 heavy (non-hydrogen) atoms. The van der Waals surface area contributed by atoms with Crippen LogP contribution in [0.25, 0.3) is 0 Å². The van der Waals surface area contributed by atoms with E-state index in [9.17, 15) is 0 Å². The average Bonchev–Trinajstić information content (AvgIpc) is 2.45. The topological polar surface area (TPSA) is 48.9 Å². The molecular formula is C15H32N4O. The molecule has 1 saturated heterocycles. The van der Waals surface area contributed by atoms with Crippen LogP contribution in [0.2, 0.25) is 0 Å². The van der Waals surface area contributed by atoms with Gasteiger partial charge in [-0.1, -0.05) is 6.92 Å². The Hall–Kier alpha value is -0.810. The SMILES string of the molecule is CCNC(=NCC1(N(C)C)CCOCC1)NC(C)CC. The van der Waals surface area contributed by atoms with Gasteiger partial charge in [0.25, 0.3) is 0 Å². The van der Waals surface area contributed by atoms with Gasteiger partial charge >= 0.3 is 0 Å². The third kappa shape index (κ3) is 4.94. The Labute approximate surface area is 124 Å². The molecule has 1 atom stereocenters. The summed E-state index contributed by atoms with van der Waals surface area (Å²) < 4.78 is 5.50. The maximum Gasteiger partial charge on any atom is 0.191 e. The maximum absolute atomic E-state index is 5.50. The molecule has 5 nitrogen and oxygen atoms in total. The third-order valence-electron chi connectivity index (χ3n) is 4.24.